The van der Waals surface area contributed by atoms with Crippen molar-refractivity contribution in [3.63, 3.8) is 0 Å². The molecule has 2 atom stereocenters. The van der Waals surface area contributed by atoms with E-state index < -0.39 is 21.6 Å². The molecule has 32 heavy (non-hydrogen) atoms. The average molecular weight is 493 g/mol. The molecule has 0 amide bonds. The smallest absolute Gasteiger partial charge is 0.0408 e. The first-order valence-electron chi connectivity index (χ1n) is 12.5. The summed E-state index contributed by atoms with van der Waals surface area (Å²) in [6.07, 6.45) is 4.14. The number of hydrogen-bond donors (Lipinski definition) is 0. The maximum absolute atomic E-state index is 12.8. The first-order valence-corrected chi connectivity index (χ1v) is 15.1. The van der Waals surface area contributed by atoms with Crippen molar-refractivity contribution in [2.45, 2.75) is 146 Å². The van der Waals surface area contributed by atoms with Crippen molar-refractivity contribution in [1.29, 1.82) is 0 Å². The molecule has 0 rings (SSSR count). The van der Waals surface area contributed by atoms with Crippen LogP contribution < -0.4 is 0 Å². The molecule has 0 heterocycles. The van der Waals surface area contributed by atoms with Gasteiger partial charge in [0, 0.05) is 42.6 Å². The van der Waals surface area contributed by atoms with E-state index in [2.05, 4.69) is 111 Å². The van der Waals surface area contributed by atoms with Crippen molar-refractivity contribution < 1.29 is 8.42 Å². The van der Waals surface area contributed by atoms with Gasteiger partial charge >= 0.3 is 0 Å². The van der Waals surface area contributed by atoms with Crippen LogP contribution in [0.5, 0.6) is 0 Å². The van der Waals surface area contributed by atoms with E-state index in [9.17, 15) is 8.42 Å². The van der Waals surface area contributed by atoms with Gasteiger partial charge in [0.1, 0.15) is 0 Å². The third-order valence-electron chi connectivity index (χ3n) is 5.06. The maximum Gasteiger partial charge on any atom is 0.0408 e. The van der Waals surface area contributed by atoms with Crippen LogP contribution >= 0.6 is 0 Å². The minimum absolute atomic E-state index is 0.0335. The van der Waals surface area contributed by atoms with Crippen molar-refractivity contribution in [2.24, 2.45) is 21.7 Å². The molecule has 0 aliphatic carbocycles. The second-order valence-corrected chi connectivity index (χ2v) is 19.7. The van der Waals surface area contributed by atoms with Gasteiger partial charge in [0.25, 0.3) is 0 Å². The monoisotopic (exact) mass is 492 g/mol. The fraction of sp³-hybridized carbons (Fsp3) is 1.00. The van der Waals surface area contributed by atoms with Crippen molar-refractivity contribution in [3.05, 3.63) is 0 Å². The van der Waals surface area contributed by atoms with Crippen molar-refractivity contribution in [3.8, 4) is 0 Å². The first-order chi connectivity index (χ1) is 13.7. The van der Waals surface area contributed by atoms with Crippen LogP contribution in [0, 0.1) is 21.7 Å². The average Bonchev–Trinajstić information content (AvgIpc) is 2.39. The molecule has 0 aliphatic rings. The minimum Gasteiger partial charge on any atom is -0.259 e. The Balaban J connectivity index is 0. The topological polar surface area (TPSA) is 34.1 Å². The van der Waals surface area contributed by atoms with Crippen molar-refractivity contribution in [2.75, 3.05) is 11.5 Å². The Labute approximate surface area is 208 Å². The lowest BCUT2D eigenvalue weighted by Gasteiger charge is -2.37. The summed E-state index contributed by atoms with van der Waals surface area (Å²) in [7, 11) is -1.46. The highest BCUT2D eigenvalue weighted by atomic mass is 32.2. The predicted octanol–water partition coefficient (Wildman–Crippen LogP) is 8.77. The highest BCUT2D eigenvalue weighted by Crippen LogP contribution is 2.38. The molecule has 0 fully saturated rings. The quantitative estimate of drug-likeness (QED) is 0.322. The summed E-state index contributed by atoms with van der Waals surface area (Å²) < 4.78 is 24.5. The zero-order chi connectivity index (χ0) is 26.4. The number of rotatable bonds is 9. The van der Waals surface area contributed by atoms with Gasteiger partial charge in [0.2, 0.25) is 0 Å². The lowest BCUT2D eigenvalue weighted by atomic mass is 9.77. The van der Waals surface area contributed by atoms with Crippen LogP contribution in [0.4, 0.5) is 0 Å². The van der Waals surface area contributed by atoms with Gasteiger partial charge in [0.15, 0.2) is 0 Å². The number of hydrogen-bond acceptors (Lipinski definition) is 2. The highest BCUT2D eigenvalue weighted by molar-refractivity contribution is 7.86. The van der Waals surface area contributed by atoms with Gasteiger partial charge in [-0.05, 0) is 75.0 Å². The lowest BCUT2D eigenvalue weighted by molar-refractivity contribution is 0.235. The normalized spacial score (nSPS) is 16.2. The molecule has 0 aromatic carbocycles. The van der Waals surface area contributed by atoms with Crippen LogP contribution in [0.25, 0.3) is 0 Å². The van der Waals surface area contributed by atoms with Crippen LogP contribution in [-0.4, -0.2) is 29.4 Å². The summed E-state index contributed by atoms with van der Waals surface area (Å²) in [5.41, 5.74) is 0.931. The fourth-order valence-electron chi connectivity index (χ4n) is 5.21. The summed E-state index contributed by atoms with van der Waals surface area (Å²) in [5, 5.41) is 0. The van der Waals surface area contributed by atoms with E-state index in [1.54, 1.807) is 0 Å². The lowest BCUT2D eigenvalue weighted by Crippen LogP contribution is -2.38. The Bertz CT molecular complexity index is 594. The Morgan fingerprint density at radius 2 is 0.812 bits per heavy atom. The molecular weight excluding hydrogens is 432 g/mol. The molecule has 2 nitrogen and oxygen atoms in total. The van der Waals surface area contributed by atoms with Gasteiger partial charge in [-0.1, -0.05) is 83.1 Å². The Morgan fingerprint density at radius 1 is 0.500 bits per heavy atom. The molecule has 2 unspecified atom stereocenters. The SMILES string of the molecule is CC(C)(C)CC(C)(C)CS(=O)C(C)(C)CC(C)(C)C.CCCS(=O)C(C)(C)CC(C)(C)C. The molecule has 0 saturated heterocycles. The van der Waals surface area contributed by atoms with E-state index in [4.69, 9.17) is 0 Å². The summed E-state index contributed by atoms with van der Waals surface area (Å²) in [6.45, 7) is 35.2. The Hall–Kier alpha value is 0.300. The molecule has 0 aliphatic heterocycles. The third-order valence-corrected chi connectivity index (χ3v) is 9.64. The van der Waals surface area contributed by atoms with Gasteiger partial charge in [0.05, 0.1) is 0 Å². The van der Waals surface area contributed by atoms with Gasteiger partial charge in [-0.25, -0.2) is 0 Å². The third kappa shape index (κ3) is 17.7. The van der Waals surface area contributed by atoms with E-state index in [1.165, 1.54) is 0 Å². The van der Waals surface area contributed by atoms with Crippen molar-refractivity contribution >= 4 is 21.6 Å². The molecule has 196 valence electrons. The zero-order valence-electron chi connectivity index (χ0n) is 24.9. The molecule has 0 aromatic heterocycles. The molecule has 0 spiro atoms. The Kier molecular flexibility index (Phi) is 13.3. The van der Waals surface area contributed by atoms with E-state index in [-0.39, 0.29) is 25.7 Å². The van der Waals surface area contributed by atoms with E-state index in [0.29, 0.717) is 5.41 Å². The predicted molar refractivity (Wildman–Crippen MR) is 150 cm³/mol. The molecule has 4 heteroatoms. The van der Waals surface area contributed by atoms with Crippen LogP contribution in [-0.2, 0) is 21.6 Å². The van der Waals surface area contributed by atoms with E-state index in [1.807, 2.05) is 0 Å². The van der Waals surface area contributed by atoms with Gasteiger partial charge in [-0.3, -0.25) is 8.42 Å². The Morgan fingerprint density at radius 3 is 1.09 bits per heavy atom. The van der Waals surface area contributed by atoms with Crippen molar-refractivity contribution in [1.82, 2.24) is 0 Å². The second kappa shape index (κ2) is 12.3. The van der Waals surface area contributed by atoms with Crippen LogP contribution in [0.2, 0.25) is 0 Å². The summed E-state index contributed by atoms with van der Waals surface area (Å²) in [4.78, 5) is 0. The van der Waals surface area contributed by atoms with Gasteiger partial charge < -0.3 is 0 Å². The first kappa shape index (κ1) is 34.5. The zero-order valence-corrected chi connectivity index (χ0v) is 26.5. The second-order valence-electron chi connectivity index (χ2n) is 15.4. The highest BCUT2D eigenvalue weighted by Gasteiger charge is 2.36. The molecule has 0 radical (unpaired) electrons. The molecule has 0 saturated carbocycles. The van der Waals surface area contributed by atoms with E-state index >= 15 is 0 Å². The summed E-state index contributed by atoms with van der Waals surface area (Å²) >= 11 is 0. The molecule has 0 N–H and O–H groups in total. The fourth-order valence-corrected chi connectivity index (χ4v) is 8.53. The van der Waals surface area contributed by atoms with E-state index in [0.717, 1.165) is 37.2 Å². The molecule has 0 bridgehead atoms. The minimum atomic E-state index is -0.781. The maximum atomic E-state index is 12.8. The standard InChI is InChI=1S/C17H36OS.C11H24OS/c1-14(2,3)11-16(7,8)13-19(18)17(9,10)12-15(4,5)6;1-7-8-13(12)11(5,6)9-10(2,3)4/h11-13H2,1-10H3;7-9H2,1-6H3. The van der Waals surface area contributed by atoms with Crippen LogP contribution in [0.15, 0.2) is 0 Å². The summed E-state index contributed by atoms with van der Waals surface area (Å²) in [6, 6.07) is 0. The molecule has 0 aromatic rings. The van der Waals surface area contributed by atoms with Gasteiger partial charge in [-0.2, -0.15) is 0 Å². The largest absolute Gasteiger partial charge is 0.259 e. The van der Waals surface area contributed by atoms with Crippen LogP contribution in [0.1, 0.15) is 136 Å². The molecular formula is C28H60O2S2. The van der Waals surface area contributed by atoms with Gasteiger partial charge in [-0.15, -0.1) is 0 Å². The summed E-state index contributed by atoms with van der Waals surface area (Å²) in [5.74, 6) is 1.64. The van der Waals surface area contributed by atoms with Crippen LogP contribution in [0.3, 0.4) is 0 Å².